The maximum Gasteiger partial charge on any atom is 0.308 e. The van der Waals surface area contributed by atoms with Crippen LogP contribution in [-0.4, -0.2) is 40.1 Å². The zero-order chi connectivity index (χ0) is 22.4. The summed E-state index contributed by atoms with van der Waals surface area (Å²) in [7, 11) is 0. The van der Waals surface area contributed by atoms with Crippen LogP contribution in [0.4, 0.5) is 0 Å². The van der Waals surface area contributed by atoms with Crippen molar-refractivity contribution in [1.29, 1.82) is 0 Å². The number of ether oxygens (including phenoxy) is 1. The lowest BCUT2D eigenvalue weighted by molar-refractivity contribution is -0.162. The van der Waals surface area contributed by atoms with Crippen molar-refractivity contribution < 1.29 is 29.3 Å². The standard InChI is InChI=1S/C24H36O6/c1-5-15(3)24(29)30-21-11-14(2)10-17-7-6-16(4)20(23(17)21)9-8-18(25)12-19(26)13-22(27)28/h6-9,14-17,19-21,23,26H,5,10-13H2,1-4H3,(H,27,28)/b9-8+/t14-,15-,16-,17-,19+,20-,21-,23?/m0/s1. The van der Waals surface area contributed by atoms with E-state index in [1.54, 1.807) is 0 Å². The summed E-state index contributed by atoms with van der Waals surface area (Å²) in [6.07, 6.45) is 8.31. The summed E-state index contributed by atoms with van der Waals surface area (Å²) in [5, 5.41) is 18.4. The van der Waals surface area contributed by atoms with Crippen LogP contribution >= 0.6 is 0 Å². The van der Waals surface area contributed by atoms with E-state index in [1.807, 2.05) is 19.9 Å². The Balaban J connectivity index is 2.16. The highest BCUT2D eigenvalue weighted by Crippen LogP contribution is 2.46. The van der Waals surface area contributed by atoms with Gasteiger partial charge in [0.05, 0.1) is 18.4 Å². The summed E-state index contributed by atoms with van der Waals surface area (Å²) in [4.78, 5) is 35.4. The molecule has 0 bridgehead atoms. The maximum absolute atomic E-state index is 12.5. The van der Waals surface area contributed by atoms with Gasteiger partial charge in [0.1, 0.15) is 6.10 Å². The quantitative estimate of drug-likeness (QED) is 0.334. The second-order valence-corrected chi connectivity index (χ2v) is 9.21. The Morgan fingerprint density at radius 1 is 1.17 bits per heavy atom. The van der Waals surface area contributed by atoms with Gasteiger partial charge in [0, 0.05) is 12.3 Å². The van der Waals surface area contributed by atoms with Gasteiger partial charge in [-0.05, 0) is 49.0 Å². The lowest BCUT2D eigenvalue weighted by Gasteiger charge is -2.46. The van der Waals surface area contributed by atoms with Gasteiger partial charge in [-0.2, -0.15) is 0 Å². The van der Waals surface area contributed by atoms with E-state index in [-0.39, 0.29) is 47.9 Å². The number of fused-ring (bicyclic) bond motifs is 1. The van der Waals surface area contributed by atoms with Crippen LogP contribution in [-0.2, 0) is 19.1 Å². The van der Waals surface area contributed by atoms with E-state index in [9.17, 15) is 19.5 Å². The van der Waals surface area contributed by atoms with Gasteiger partial charge in [0.25, 0.3) is 0 Å². The number of aliphatic hydroxyl groups is 1. The predicted octanol–water partition coefficient (Wildman–Crippen LogP) is 3.78. The molecule has 168 valence electrons. The summed E-state index contributed by atoms with van der Waals surface area (Å²) in [6.45, 7) is 8.13. The van der Waals surface area contributed by atoms with Crippen molar-refractivity contribution >= 4 is 17.7 Å². The molecule has 6 nitrogen and oxygen atoms in total. The molecule has 0 amide bonds. The molecule has 2 N–H and O–H groups in total. The first-order valence-electron chi connectivity index (χ1n) is 11.1. The molecule has 0 heterocycles. The van der Waals surface area contributed by atoms with Gasteiger partial charge < -0.3 is 14.9 Å². The van der Waals surface area contributed by atoms with Gasteiger partial charge in [-0.25, -0.2) is 0 Å². The molecule has 2 aliphatic carbocycles. The summed E-state index contributed by atoms with van der Waals surface area (Å²) >= 11 is 0. The third kappa shape index (κ3) is 6.53. The molecule has 0 radical (unpaired) electrons. The lowest BCUT2D eigenvalue weighted by atomic mass is 9.61. The van der Waals surface area contributed by atoms with Crippen molar-refractivity contribution in [3.8, 4) is 0 Å². The smallest absolute Gasteiger partial charge is 0.308 e. The van der Waals surface area contributed by atoms with Crippen LogP contribution in [0.1, 0.15) is 59.8 Å². The number of aliphatic carboxylic acids is 1. The molecule has 0 saturated heterocycles. The van der Waals surface area contributed by atoms with E-state index < -0.39 is 18.5 Å². The molecule has 0 aromatic heterocycles. The summed E-state index contributed by atoms with van der Waals surface area (Å²) in [5.74, 6) is -0.618. The van der Waals surface area contributed by atoms with Crippen LogP contribution in [0.15, 0.2) is 24.3 Å². The predicted molar refractivity (Wildman–Crippen MR) is 114 cm³/mol. The first-order valence-corrected chi connectivity index (χ1v) is 11.1. The van der Waals surface area contributed by atoms with E-state index in [4.69, 9.17) is 9.84 Å². The Kier molecular flexibility index (Phi) is 8.83. The van der Waals surface area contributed by atoms with Crippen LogP contribution in [0.5, 0.6) is 0 Å². The van der Waals surface area contributed by atoms with Gasteiger partial charge in [-0.1, -0.05) is 45.9 Å². The number of aliphatic hydroxyl groups excluding tert-OH is 1. The number of carbonyl (C=O) groups is 3. The van der Waals surface area contributed by atoms with E-state index in [2.05, 4.69) is 26.0 Å². The van der Waals surface area contributed by atoms with E-state index in [0.29, 0.717) is 11.8 Å². The fourth-order valence-electron chi connectivity index (χ4n) is 4.74. The van der Waals surface area contributed by atoms with Crippen molar-refractivity contribution in [2.75, 3.05) is 0 Å². The molecule has 0 aromatic rings. The Labute approximate surface area is 179 Å². The van der Waals surface area contributed by atoms with Crippen LogP contribution in [0, 0.1) is 35.5 Å². The molecule has 2 rings (SSSR count). The average molecular weight is 421 g/mol. The number of hydrogen-bond acceptors (Lipinski definition) is 5. The highest BCUT2D eigenvalue weighted by Gasteiger charge is 2.44. The van der Waals surface area contributed by atoms with Crippen LogP contribution in [0.25, 0.3) is 0 Å². The van der Waals surface area contributed by atoms with Crippen LogP contribution in [0.3, 0.4) is 0 Å². The van der Waals surface area contributed by atoms with E-state index >= 15 is 0 Å². The molecule has 0 aliphatic heterocycles. The minimum absolute atomic E-state index is 0.0443. The van der Waals surface area contributed by atoms with Crippen molar-refractivity contribution in [2.24, 2.45) is 35.5 Å². The molecular formula is C24H36O6. The maximum atomic E-state index is 12.5. The molecule has 8 atom stereocenters. The zero-order valence-corrected chi connectivity index (χ0v) is 18.5. The van der Waals surface area contributed by atoms with Crippen molar-refractivity contribution in [3.05, 3.63) is 24.3 Å². The first kappa shape index (κ1) is 24.3. The highest BCUT2D eigenvalue weighted by atomic mass is 16.5. The van der Waals surface area contributed by atoms with Crippen molar-refractivity contribution in [2.45, 2.75) is 72.0 Å². The molecule has 1 fully saturated rings. The number of allylic oxidation sites excluding steroid dienone is 4. The van der Waals surface area contributed by atoms with Crippen LogP contribution in [0.2, 0.25) is 0 Å². The first-order chi connectivity index (χ1) is 14.1. The fraction of sp³-hybridized carbons (Fsp3) is 0.708. The normalized spacial score (nSPS) is 33.0. The summed E-state index contributed by atoms with van der Waals surface area (Å²) in [5.41, 5.74) is 0. The average Bonchev–Trinajstić information content (AvgIpc) is 2.65. The Morgan fingerprint density at radius 2 is 1.87 bits per heavy atom. The van der Waals surface area contributed by atoms with Gasteiger partial charge in [0.2, 0.25) is 0 Å². The van der Waals surface area contributed by atoms with Crippen LogP contribution < -0.4 is 0 Å². The second kappa shape index (κ2) is 10.9. The topological polar surface area (TPSA) is 101 Å². The van der Waals surface area contributed by atoms with E-state index in [0.717, 1.165) is 19.3 Å². The minimum atomic E-state index is -1.18. The van der Waals surface area contributed by atoms with E-state index in [1.165, 1.54) is 6.08 Å². The molecular weight excluding hydrogens is 384 g/mol. The largest absolute Gasteiger partial charge is 0.481 e. The number of ketones is 1. The Bertz CT molecular complexity index is 681. The third-order valence-electron chi connectivity index (χ3n) is 6.58. The molecule has 6 heteroatoms. The molecule has 0 spiro atoms. The van der Waals surface area contributed by atoms with Crippen molar-refractivity contribution in [1.82, 2.24) is 0 Å². The van der Waals surface area contributed by atoms with Gasteiger partial charge in [0.15, 0.2) is 5.78 Å². The zero-order valence-electron chi connectivity index (χ0n) is 18.5. The Morgan fingerprint density at radius 3 is 2.50 bits per heavy atom. The molecule has 2 aliphatic rings. The third-order valence-corrected chi connectivity index (χ3v) is 6.58. The minimum Gasteiger partial charge on any atom is -0.481 e. The molecule has 1 unspecified atom stereocenters. The van der Waals surface area contributed by atoms with Gasteiger partial charge in [-0.3, -0.25) is 14.4 Å². The van der Waals surface area contributed by atoms with Gasteiger partial charge >= 0.3 is 11.9 Å². The second-order valence-electron chi connectivity index (χ2n) is 9.21. The fourth-order valence-corrected chi connectivity index (χ4v) is 4.74. The number of hydrogen-bond donors (Lipinski definition) is 2. The van der Waals surface area contributed by atoms with Gasteiger partial charge in [-0.15, -0.1) is 0 Å². The SMILES string of the molecule is CC[C@H](C)C(=O)O[C@H]1C[C@@H](C)C[C@@H]2C=C[C@H](C)[C@H](/C=C/C(=O)C[C@@H](O)CC(=O)O)C12. The number of carboxylic acid groups (broad SMARTS) is 1. The lowest BCUT2D eigenvalue weighted by Crippen LogP contribution is -2.45. The number of esters is 1. The molecule has 30 heavy (non-hydrogen) atoms. The molecule has 0 aromatic carbocycles. The monoisotopic (exact) mass is 420 g/mol. The number of rotatable bonds is 9. The molecule has 1 saturated carbocycles. The number of carboxylic acids is 1. The highest BCUT2D eigenvalue weighted by molar-refractivity contribution is 5.90. The summed E-state index contributed by atoms with van der Waals surface area (Å²) in [6, 6.07) is 0. The Hall–Kier alpha value is -1.95. The number of carbonyl (C=O) groups excluding carboxylic acids is 2. The van der Waals surface area contributed by atoms with Crippen molar-refractivity contribution in [3.63, 3.8) is 0 Å². The summed E-state index contributed by atoms with van der Waals surface area (Å²) < 4.78 is 5.98.